The van der Waals surface area contributed by atoms with Crippen molar-refractivity contribution < 1.29 is 0 Å². The molecule has 1 N–H and O–H groups in total. The summed E-state index contributed by atoms with van der Waals surface area (Å²) in [5.41, 5.74) is 2.43. The lowest BCUT2D eigenvalue weighted by Gasteiger charge is -2.11. The van der Waals surface area contributed by atoms with Crippen LogP contribution in [0.25, 0.3) is 6.08 Å². The highest BCUT2D eigenvalue weighted by atomic mass is 32.2. The van der Waals surface area contributed by atoms with Crippen LogP contribution in [0.5, 0.6) is 0 Å². The minimum Gasteiger partial charge on any atom is -0.378 e. The summed E-state index contributed by atoms with van der Waals surface area (Å²) in [5.74, 6) is 0. The number of benzene rings is 1. The predicted octanol–water partition coefficient (Wildman–Crippen LogP) is 3.41. The van der Waals surface area contributed by atoms with Gasteiger partial charge in [0, 0.05) is 26.0 Å². The van der Waals surface area contributed by atoms with E-state index in [1.807, 2.05) is 25.7 Å². The minimum atomic E-state index is 1.16. The average Bonchev–Trinajstić information content (AvgIpc) is 2.83. The Kier molecular flexibility index (Phi) is 3.94. The van der Waals surface area contributed by atoms with Gasteiger partial charge in [0.05, 0.1) is 5.03 Å². The number of anilines is 1. The SMILES string of the molecule is CN(C)c1ccc(C=CC=C2NC=CS2)cc1. The van der Waals surface area contributed by atoms with Crippen molar-refractivity contribution in [3.63, 3.8) is 0 Å². The van der Waals surface area contributed by atoms with E-state index in [-0.39, 0.29) is 0 Å². The maximum atomic E-state index is 3.15. The van der Waals surface area contributed by atoms with E-state index < -0.39 is 0 Å². The average molecular weight is 244 g/mol. The molecule has 2 nitrogen and oxygen atoms in total. The van der Waals surface area contributed by atoms with Crippen molar-refractivity contribution in [3.05, 3.63) is 58.6 Å². The van der Waals surface area contributed by atoms with Crippen molar-refractivity contribution in [2.24, 2.45) is 0 Å². The Morgan fingerprint density at radius 3 is 2.53 bits per heavy atom. The molecular formula is C14H16N2S. The minimum absolute atomic E-state index is 1.16. The van der Waals surface area contributed by atoms with E-state index in [1.165, 1.54) is 11.3 Å². The number of nitrogens with zero attached hydrogens (tertiary/aromatic N) is 1. The highest BCUT2D eigenvalue weighted by Crippen LogP contribution is 2.19. The van der Waals surface area contributed by atoms with Crippen LogP contribution < -0.4 is 10.2 Å². The number of nitrogens with one attached hydrogen (secondary N) is 1. The molecule has 1 aromatic rings. The Morgan fingerprint density at radius 1 is 1.18 bits per heavy atom. The van der Waals surface area contributed by atoms with Crippen LogP contribution in [-0.2, 0) is 0 Å². The molecule has 0 saturated heterocycles. The van der Waals surface area contributed by atoms with Crippen molar-refractivity contribution >= 4 is 23.5 Å². The fraction of sp³-hybridized carbons (Fsp3) is 0.143. The summed E-state index contributed by atoms with van der Waals surface area (Å²) in [6.07, 6.45) is 8.18. The summed E-state index contributed by atoms with van der Waals surface area (Å²) >= 11 is 1.70. The summed E-state index contributed by atoms with van der Waals surface area (Å²) < 4.78 is 0. The topological polar surface area (TPSA) is 15.3 Å². The van der Waals surface area contributed by atoms with Crippen molar-refractivity contribution in [2.45, 2.75) is 0 Å². The van der Waals surface area contributed by atoms with Crippen LogP contribution >= 0.6 is 11.8 Å². The third kappa shape index (κ3) is 3.43. The molecule has 1 aromatic carbocycles. The van der Waals surface area contributed by atoms with E-state index in [2.05, 4.69) is 52.7 Å². The third-order valence-corrected chi connectivity index (χ3v) is 3.21. The fourth-order valence-corrected chi connectivity index (χ4v) is 2.05. The van der Waals surface area contributed by atoms with Crippen molar-refractivity contribution in [2.75, 3.05) is 19.0 Å². The Bertz CT molecular complexity index is 446. The summed E-state index contributed by atoms with van der Waals surface area (Å²) in [5, 5.41) is 6.34. The first-order valence-electron chi connectivity index (χ1n) is 5.50. The van der Waals surface area contributed by atoms with E-state index in [0.717, 1.165) is 5.03 Å². The zero-order chi connectivity index (χ0) is 12.1. The lowest BCUT2D eigenvalue weighted by molar-refractivity contribution is 1.13. The molecule has 17 heavy (non-hydrogen) atoms. The molecule has 0 radical (unpaired) electrons. The van der Waals surface area contributed by atoms with Crippen LogP contribution in [0.4, 0.5) is 5.69 Å². The van der Waals surface area contributed by atoms with Gasteiger partial charge in [-0.2, -0.15) is 0 Å². The van der Waals surface area contributed by atoms with Gasteiger partial charge in [-0.05, 0) is 29.2 Å². The lowest BCUT2D eigenvalue weighted by atomic mass is 10.2. The molecule has 0 fully saturated rings. The molecule has 0 amide bonds. The molecule has 0 atom stereocenters. The quantitative estimate of drug-likeness (QED) is 0.877. The van der Waals surface area contributed by atoms with Crippen LogP contribution in [0, 0.1) is 0 Å². The summed E-state index contributed by atoms with van der Waals surface area (Å²) in [6.45, 7) is 0. The largest absolute Gasteiger partial charge is 0.378 e. The van der Waals surface area contributed by atoms with Gasteiger partial charge >= 0.3 is 0 Å². The summed E-state index contributed by atoms with van der Waals surface area (Å²) in [6, 6.07) is 8.49. The maximum absolute atomic E-state index is 3.15. The van der Waals surface area contributed by atoms with Crippen LogP contribution in [0.15, 0.2) is 53.1 Å². The maximum Gasteiger partial charge on any atom is 0.0764 e. The van der Waals surface area contributed by atoms with E-state index in [9.17, 15) is 0 Å². The van der Waals surface area contributed by atoms with Gasteiger partial charge < -0.3 is 10.2 Å². The Hall–Kier alpha value is -1.61. The van der Waals surface area contributed by atoms with Gasteiger partial charge in [0.1, 0.15) is 0 Å². The normalized spacial score (nSPS) is 16.7. The Balaban J connectivity index is 1.99. The van der Waals surface area contributed by atoms with Crippen LogP contribution in [-0.4, -0.2) is 14.1 Å². The molecule has 2 rings (SSSR count). The number of allylic oxidation sites excluding steroid dienone is 2. The fourth-order valence-electron chi connectivity index (χ4n) is 1.48. The third-order valence-electron chi connectivity index (χ3n) is 2.43. The smallest absolute Gasteiger partial charge is 0.0764 e. The van der Waals surface area contributed by atoms with E-state index in [0.29, 0.717) is 0 Å². The molecular weight excluding hydrogens is 228 g/mol. The van der Waals surface area contributed by atoms with Crippen LogP contribution in [0.3, 0.4) is 0 Å². The number of hydrogen-bond donors (Lipinski definition) is 1. The van der Waals surface area contributed by atoms with E-state index in [1.54, 1.807) is 11.8 Å². The molecule has 1 aliphatic heterocycles. The molecule has 1 heterocycles. The lowest BCUT2D eigenvalue weighted by Crippen LogP contribution is -2.07. The number of rotatable bonds is 3. The van der Waals surface area contributed by atoms with Gasteiger partial charge in [-0.15, -0.1) is 0 Å². The monoisotopic (exact) mass is 244 g/mol. The van der Waals surface area contributed by atoms with E-state index in [4.69, 9.17) is 0 Å². The molecule has 0 unspecified atom stereocenters. The van der Waals surface area contributed by atoms with Gasteiger partial charge in [0.2, 0.25) is 0 Å². The first-order chi connectivity index (χ1) is 8.25. The zero-order valence-corrected chi connectivity index (χ0v) is 10.9. The molecule has 0 aromatic heterocycles. The first kappa shape index (κ1) is 11.9. The molecule has 0 aliphatic carbocycles. The van der Waals surface area contributed by atoms with Gasteiger partial charge in [-0.25, -0.2) is 0 Å². The second-order valence-corrected chi connectivity index (χ2v) is 4.89. The Morgan fingerprint density at radius 2 is 1.94 bits per heavy atom. The molecule has 3 heteroatoms. The first-order valence-corrected chi connectivity index (χ1v) is 6.37. The van der Waals surface area contributed by atoms with Gasteiger partial charge in [-0.1, -0.05) is 36.0 Å². The van der Waals surface area contributed by atoms with Crippen LogP contribution in [0.1, 0.15) is 5.56 Å². The zero-order valence-electron chi connectivity index (χ0n) is 10.1. The molecule has 88 valence electrons. The van der Waals surface area contributed by atoms with Crippen molar-refractivity contribution in [1.82, 2.24) is 5.32 Å². The van der Waals surface area contributed by atoms with Crippen molar-refractivity contribution in [3.8, 4) is 0 Å². The summed E-state index contributed by atoms with van der Waals surface area (Å²) in [7, 11) is 4.09. The summed E-state index contributed by atoms with van der Waals surface area (Å²) in [4.78, 5) is 2.10. The number of hydrogen-bond acceptors (Lipinski definition) is 3. The van der Waals surface area contributed by atoms with Gasteiger partial charge in [-0.3, -0.25) is 0 Å². The predicted molar refractivity (Wildman–Crippen MR) is 77.8 cm³/mol. The Labute approximate surface area is 107 Å². The van der Waals surface area contributed by atoms with Gasteiger partial charge in [0.15, 0.2) is 0 Å². The van der Waals surface area contributed by atoms with E-state index >= 15 is 0 Å². The second kappa shape index (κ2) is 5.64. The molecule has 1 aliphatic rings. The van der Waals surface area contributed by atoms with Gasteiger partial charge in [0.25, 0.3) is 0 Å². The van der Waals surface area contributed by atoms with Crippen LogP contribution in [0.2, 0.25) is 0 Å². The number of thioether (sulfide) groups is 1. The molecule has 0 bridgehead atoms. The highest BCUT2D eigenvalue weighted by Gasteiger charge is 1.96. The standard InChI is InChI=1S/C14H16N2S/c1-16(2)13-8-6-12(7-9-13)4-3-5-14-15-10-11-17-14/h3-11,15H,1-2H3. The molecule has 0 spiro atoms. The second-order valence-electron chi connectivity index (χ2n) is 3.94. The van der Waals surface area contributed by atoms with Crippen molar-refractivity contribution in [1.29, 1.82) is 0 Å². The highest BCUT2D eigenvalue weighted by molar-refractivity contribution is 8.06. The molecule has 0 saturated carbocycles.